The molecule has 0 atom stereocenters. The Labute approximate surface area is 193 Å². The molecule has 1 aliphatic carbocycles. The number of carbonyl (C=O) groups is 2. The Kier molecular flexibility index (Phi) is 4.42. The minimum atomic E-state index is -0.510. The molecule has 0 amide bonds. The van der Waals surface area contributed by atoms with Crippen LogP contribution in [0.4, 0.5) is 4.39 Å². The fourth-order valence-corrected chi connectivity index (χ4v) is 4.29. The molecule has 5 nitrogen and oxygen atoms in total. The lowest BCUT2D eigenvalue weighted by molar-refractivity contribution is 0.0990. The van der Waals surface area contributed by atoms with Gasteiger partial charge >= 0.3 is 0 Å². The average Bonchev–Trinajstić information content (AvgIpc) is 3.47. The summed E-state index contributed by atoms with van der Waals surface area (Å²) in [6.45, 7) is 1.57. The van der Waals surface area contributed by atoms with Crippen molar-refractivity contribution in [3.8, 4) is 17.1 Å². The van der Waals surface area contributed by atoms with Gasteiger partial charge in [0.05, 0.1) is 11.3 Å². The zero-order valence-corrected chi connectivity index (χ0v) is 18.1. The van der Waals surface area contributed by atoms with E-state index < -0.39 is 17.4 Å². The van der Waals surface area contributed by atoms with Gasteiger partial charge in [0.2, 0.25) is 5.89 Å². The number of hydrogen-bond acceptors (Lipinski definition) is 4. The molecule has 6 heteroatoms. The lowest BCUT2D eigenvalue weighted by Gasteiger charge is -2.07. The Balaban J connectivity index is 1.54. The predicted molar refractivity (Wildman–Crippen MR) is 127 cm³/mol. The van der Waals surface area contributed by atoms with Crippen LogP contribution in [-0.2, 0) is 0 Å². The van der Waals surface area contributed by atoms with Crippen molar-refractivity contribution in [3.05, 3.63) is 113 Å². The molecule has 0 fully saturated rings. The van der Waals surface area contributed by atoms with E-state index in [1.807, 2.05) is 65.2 Å². The monoisotopic (exact) mass is 448 g/mol. The minimum absolute atomic E-state index is 0.0133. The molecule has 164 valence electrons. The fourth-order valence-electron chi connectivity index (χ4n) is 4.29. The first-order valence-electron chi connectivity index (χ1n) is 10.8. The lowest BCUT2D eigenvalue weighted by atomic mass is 10.1. The topological polar surface area (TPSA) is 65.1 Å². The van der Waals surface area contributed by atoms with Crippen LogP contribution in [0.25, 0.3) is 34.4 Å². The van der Waals surface area contributed by atoms with Gasteiger partial charge in [-0.25, -0.2) is 4.39 Å². The quantitative estimate of drug-likeness (QED) is 0.244. The van der Waals surface area contributed by atoms with E-state index in [9.17, 15) is 14.0 Å². The van der Waals surface area contributed by atoms with E-state index in [2.05, 4.69) is 0 Å². The highest BCUT2D eigenvalue weighted by Gasteiger charge is 2.34. The molecule has 0 aliphatic heterocycles. The second-order valence-corrected chi connectivity index (χ2v) is 8.18. The van der Waals surface area contributed by atoms with Crippen LogP contribution in [0.2, 0.25) is 0 Å². The molecule has 0 saturated heterocycles. The van der Waals surface area contributed by atoms with Gasteiger partial charge in [-0.15, -0.1) is 0 Å². The van der Waals surface area contributed by atoms with Crippen molar-refractivity contribution in [2.45, 2.75) is 6.92 Å². The molecular formula is C28H17FN2O3. The van der Waals surface area contributed by atoms with E-state index in [4.69, 9.17) is 9.40 Å². The summed E-state index contributed by atoms with van der Waals surface area (Å²) in [6, 6.07) is 23.4. The molecule has 34 heavy (non-hydrogen) atoms. The summed E-state index contributed by atoms with van der Waals surface area (Å²) in [7, 11) is 0. The number of rotatable bonds is 3. The largest absolute Gasteiger partial charge is 0.434 e. The molecule has 0 saturated carbocycles. The van der Waals surface area contributed by atoms with Crippen LogP contribution in [-0.4, -0.2) is 21.1 Å². The van der Waals surface area contributed by atoms with Crippen LogP contribution in [0.15, 0.2) is 88.9 Å². The number of nitrogens with zero attached hydrogens (tertiary/aromatic N) is 2. The standard InChI is InChI=1S/C28H17FN2O3/c1-16-12-20-21(15-23(16)29)26(33)22(25(20)32)13-19-14-24-27(31(19)18-10-6-3-7-11-18)30-28(34-24)17-8-4-2-5-9-17/h2-15H,1H3/b22-13-. The Morgan fingerprint density at radius 2 is 1.53 bits per heavy atom. The fraction of sp³-hybridized carbons (Fsp3) is 0.0357. The first kappa shape index (κ1) is 20.1. The molecule has 3 aromatic carbocycles. The zero-order valence-electron chi connectivity index (χ0n) is 18.1. The summed E-state index contributed by atoms with van der Waals surface area (Å²) in [6.07, 6.45) is 1.53. The minimum Gasteiger partial charge on any atom is -0.434 e. The molecule has 1 aliphatic rings. The smallest absolute Gasteiger partial charge is 0.228 e. The second-order valence-electron chi connectivity index (χ2n) is 8.18. The van der Waals surface area contributed by atoms with E-state index in [0.29, 0.717) is 28.4 Å². The van der Waals surface area contributed by atoms with Crippen LogP contribution in [0.5, 0.6) is 0 Å². The number of fused-ring (bicyclic) bond motifs is 2. The first-order chi connectivity index (χ1) is 16.5. The van der Waals surface area contributed by atoms with Crippen molar-refractivity contribution in [2.24, 2.45) is 0 Å². The maximum Gasteiger partial charge on any atom is 0.228 e. The van der Waals surface area contributed by atoms with Gasteiger partial charge < -0.3 is 4.42 Å². The number of hydrogen-bond donors (Lipinski definition) is 0. The van der Waals surface area contributed by atoms with Crippen LogP contribution in [0, 0.1) is 12.7 Å². The molecular weight excluding hydrogens is 431 g/mol. The second kappa shape index (κ2) is 7.49. The molecule has 0 bridgehead atoms. The highest BCUT2D eigenvalue weighted by Crippen LogP contribution is 2.33. The molecule has 2 heterocycles. The number of allylic oxidation sites excluding steroid dienone is 1. The van der Waals surface area contributed by atoms with Gasteiger partial charge in [0, 0.05) is 28.4 Å². The van der Waals surface area contributed by atoms with E-state index >= 15 is 0 Å². The van der Waals surface area contributed by atoms with Gasteiger partial charge in [0.25, 0.3) is 0 Å². The maximum atomic E-state index is 14.1. The number of ketones is 2. The SMILES string of the molecule is Cc1cc2c(cc1F)C(=O)/C(=C\c1cc3oc(-c4ccccc4)nc3n1-c1ccccc1)C2=O. The van der Waals surface area contributed by atoms with Gasteiger partial charge in [-0.1, -0.05) is 36.4 Å². The molecule has 5 aromatic rings. The lowest BCUT2D eigenvalue weighted by Crippen LogP contribution is -2.03. The van der Waals surface area contributed by atoms with E-state index in [1.165, 1.54) is 12.1 Å². The highest BCUT2D eigenvalue weighted by atomic mass is 19.1. The molecule has 0 N–H and O–H groups in total. The van der Waals surface area contributed by atoms with E-state index in [0.717, 1.165) is 17.3 Å². The summed E-state index contributed by atoms with van der Waals surface area (Å²) in [5.74, 6) is -0.947. The maximum absolute atomic E-state index is 14.1. The van der Waals surface area contributed by atoms with Crippen LogP contribution in [0.3, 0.4) is 0 Å². The van der Waals surface area contributed by atoms with E-state index in [-0.39, 0.29) is 16.7 Å². The normalized spacial score (nSPS) is 14.4. The van der Waals surface area contributed by atoms with Crippen molar-refractivity contribution < 1.29 is 18.4 Å². The number of benzene rings is 3. The van der Waals surface area contributed by atoms with Gasteiger partial charge in [0.1, 0.15) is 5.82 Å². The third-order valence-electron chi connectivity index (χ3n) is 5.99. The van der Waals surface area contributed by atoms with Crippen molar-refractivity contribution in [2.75, 3.05) is 0 Å². The number of oxazole rings is 1. The number of Topliss-reactive ketones (excluding diaryl/α,β-unsaturated/α-hetero) is 2. The number of para-hydroxylation sites is 1. The van der Waals surface area contributed by atoms with Crippen molar-refractivity contribution in [3.63, 3.8) is 0 Å². The molecule has 6 rings (SSSR count). The summed E-state index contributed by atoms with van der Waals surface area (Å²) >= 11 is 0. The van der Waals surface area contributed by atoms with Crippen molar-refractivity contribution >= 4 is 28.9 Å². The Morgan fingerprint density at radius 3 is 2.24 bits per heavy atom. The van der Waals surface area contributed by atoms with Gasteiger partial charge in [-0.3, -0.25) is 14.2 Å². The van der Waals surface area contributed by atoms with Gasteiger partial charge in [0.15, 0.2) is 22.8 Å². The Bertz CT molecular complexity index is 1600. The first-order valence-corrected chi connectivity index (χ1v) is 10.8. The predicted octanol–water partition coefficient (Wildman–Crippen LogP) is 6.20. The van der Waals surface area contributed by atoms with E-state index in [1.54, 1.807) is 13.0 Å². The number of aromatic nitrogens is 2. The third-order valence-corrected chi connectivity index (χ3v) is 5.99. The average molecular weight is 448 g/mol. The van der Waals surface area contributed by atoms with Crippen molar-refractivity contribution in [1.29, 1.82) is 0 Å². The van der Waals surface area contributed by atoms with Crippen LogP contribution < -0.4 is 0 Å². The summed E-state index contributed by atoms with van der Waals surface area (Å²) in [5, 5.41) is 0. The van der Waals surface area contributed by atoms with Crippen molar-refractivity contribution in [1.82, 2.24) is 9.55 Å². The number of halogens is 1. The molecule has 2 aromatic heterocycles. The summed E-state index contributed by atoms with van der Waals surface area (Å²) in [4.78, 5) is 30.8. The molecule has 0 radical (unpaired) electrons. The Hall–Kier alpha value is -4.58. The Morgan fingerprint density at radius 1 is 0.882 bits per heavy atom. The van der Waals surface area contributed by atoms with Gasteiger partial charge in [-0.2, -0.15) is 4.98 Å². The van der Waals surface area contributed by atoms with Gasteiger partial charge in [-0.05, 0) is 55.0 Å². The molecule has 0 spiro atoms. The summed E-state index contributed by atoms with van der Waals surface area (Å²) < 4.78 is 22.0. The number of aryl methyl sites for hydroxylation is 1. The zero-order chi connectivity index (χ0) is 23.4. The van der Waals surface area contributed by atoms with Crippen LogP contribution in [0.1, 0.15) is 32.0 Å². The molecule has 0 unspecified atom stereocenters. The number of carbonyl (C=O) groups excluding carboxylic acids is 2. The van der Waals surface area contributed by atoms with Crippen LogP contribution >= 0.6 is 0 Å². The third kappa shape index (κ3) is 3.03. The summed E-state index contributed by atoms with van der Waals surface area (Å²) in [5.41, 5.74) is 3.91. The highest BCUT2D eigenvalue weighted by molar-refractivity contribution is 6.41.